The van der Waals surface area contributed by atoms with E-state index in [9.17, 15) is 4.39 Å². The van der Waals surface area contributed by atoms with Gasteiger partial charge in [-0.25, -0.2) is 9.38 Å². The molecule has 0 saturated carbocycles. The molecule has 154 valence electrons. The number of guanidine groups is 1. The summed E-state index contributed by atoms with van der Waals surface area (Å²) in [5, 5.41) is 6.55. The minimum absolute atomic E-state index is 0.101. The van der Waals surface area contributed by atoms with Gasteiger partial charge in [0.05, 0.1) is 19.8 Å². The SMILES string of the molecule is CCNC(=NCC(CC)Oc1cccc(F)c1)NCCCCOCCOC. The molecule has 27 heavy (non-hydrogen) atoms. The molecule has 2 N–H and O–H groups in total. The van der Waals surface area contributed by atoms with Crippen molar-refractivity contribution < 1.29 is 18.6 Å². The highest BCUT2D eigenvalue weighted by molar-refractivity contribution is 5.79. The van der Waals surface area contributed by atoms with Crippen LogP contribution >= 0.6 is 0 Å². The zero-order valence-electron chi connectivity index (χ0n) is 16.8. The number of rotatable bonds is 14. The normalized spacial score (nSPS) is 12.7. The van der Waals surface area contributed by atoms with E-state index in [0.717, 1.165) is 44.9 Å². The van der Waals surface area contributed by atoms with Crippen LogP contribution in [0.25, 0.3) is 0 Å². The number of hydrogen-bond acceptors (Lipinski definition) is 4. The molecule has 0 amide bonds. The van der Waals surface area contributed by atoms with Crippen molar-refractivity contribution >= 4 is 5.96 Å². The molecule has 0 saturated heterocycles. The van der Waals surface area contributed by atoms with Crippen molar-refractivity contribution in [2.45, 2.75) is 39.2 Å². The van der Waals surface area contributed by atoms with E-state index >= 15 is 0 Å². The molecule has 1 rings (SSSR count). The van der Waals surface area contributed by atoms with Crippen LogP contribution in [0.5, 0.6) is 5.75 Å². The summed E-state index contributed by atoms with van der Waals surface area (Å²) in [6.45, 7) is 8.17. The summed E-state index contributed by atoms with van der Waals surface area (Å²) in [5.41, 5.74) is 0. The lowest BCUT2D eigenvalue weighted by atomic mass is 10.2. The molecule has 0 fully saturated rings. The molecule has 1 aromatic rings. The Bertz CT molecular complexity index is 529. The number of aliphatic imine (C=N–C) groups is 1. The van der Waals surface area contributed by atoms with Crippen molar-refractivity contribution in [3.05, 3.63) is 30.1 Å². The molecule has 0 spiro atoms. The number of hydrogen-bond donors (Lipinski definition) is 2. The quantitative estimate of drug-likeness (QED) is 0.294. The summed E-state index contributed by atoms with van der Waals surface area (Å²) in [4.78, 5) is 4.59. The van der Waals surface area contributed by atoms with E-state index in [0.29, 0.717) is 25.5 Å². The monoisotopic (exact) mass is 383 g/mol. The number of ether oxygens (including phenoxy) is 3. The fraction of sp³-hybridized carbons (Fsp3) is 0.650. The smallest absolute Gasteiger partial charge is 0.191 e. The van der Waals surface area contributed by atoms with Gasteiger partial charge >= 0.3 is 0 Å². The molecule has 0 aliphatic rings. The van der Waals surface area contributed by atoms with Crippen molar-refractivity contribution in [3.8, 4) is 5.75 Å². The van der Waals surface area contributed by atoms with Crippen molar-refractivity contribution in [1.82, 2.24) is 10.6 Å². The van der Waals surface area contributed by atoms with E-state index in [1.165, 1.54) is 12.1 Å². The maximum Gasteiger partial charge on any atom is 0.191 e. The van der Waals surface area contributed by atoms with E-state index < -0.39 is 0 Å². The minimum atomic E-state index is -0.299. The van der Waals surface area contributed by atoms with Crippen LogP contribution in [0, 0.1) is 5.82 Å². The predicted molar refractivity (Wildman–Crippen MR) is 107 cm³/mol. The van der Waals surface area contributed by atoms with Gasteiger partial charge in [-0.15, -0.1) is 0 Å². The fourth-order valence-corrected chi connectivity index (χ4v) is 2.30. The summed E-state index contributed by atoms with van der Waals surface area (Å²) in [6.07, 6.45) is 2.67. The molecule has 0 aliphatic carbocycles. The zero-order valence-corrected chi connectivity index (χ0v) is 16.8. The third-order valence-corrected chi connectivity index (χ3v) is 3.79. The average molecular weight is 384 g/mol. The standard InChI is InChI=1S/C20H34FN3O3/c1-4-18(27-19-10-8-9-17(21)15-19)16-24-20(22-5-2)23-11-6-7-12-26-14-13-25-3/h8-10,15,18H,4-7,11-14,16H2,1-3H3,(H2,22,23,24). The molecular weight excluding hydrogens is 349 g/mol. The highest BCUT2D eigenvalue weighted by Gasteiger charge is 2.09. The Morgan fingerprint density at radius 1 is 1.15 bits per heavy atom. The third kappa shape index (κ3) is 11.5. The summed E-state index contributed by atoms with van der Waals surface area (Å²) in [7, 11) is 1.67. The minimum Gasteiger partial charge on any atom is -0.488 e. The predicted octanol–water partition coefficient (Wildman–Crippen LogP) is 2.98. The van der Waals surface area contributed by atoms with Crippen molar-refractivity contribution in [1.29, 1.82) is 0 Å². The first kappa shape index (κ1) is 23.2. The number of nitrogens with zero attached hydrogens (tertiary/aromatic N) is 1. The molecule has 0 aliphatic heterocycles. The lowest BCUT2D eigenvalue weighted by molar-refractivity contribution is 0.0689. The number of benzene rings is 1. The van der Waals surface area contributed by atoms with Crippen LogP contribution < -0.4 is 15.4 Å². The van der Waals surface area contributed by atoms with Gasteiger partial charge in [0.1, 0.15) is 17.7 Å². The zero-order chi connectivity index (χ0) is 19.7. The maximum absolute atomic E-state index is 13.3. The van der Waals surface area contributed by atoms with Crippen molar-refractivity contribution in [2.24, 2.45) is 4.99 Å². The Labute approximate surface area is 162 Å². The molecular formula is C20H34FN3O3. The first-order valence-electron chi connectivity index (χ1n) is 9.70. The number of nitrogens with one attached hydrogen (secondary N) is 2. The first-order valence-corrected chi connectivity index (χ1v) is 9.70. The molecule has 0 bridgehead atoms. The summed E-state index contributed by atoms with van der Waals surface area (Å²) >= 11 is 0. The van der Waals surface area contributed by atoms with Crippen molar-refractivity contribution in [2.75, 3.05) is 46.6 Å². The van der Waals surface area contributed by atoms with Crippen LogP contribution in [-0.2, 0) is 9.47 Å². The van der Waals surface area contributed by atoms with E-state index in [-0.39, 0.29) is 11.9 Å². The van der Waals surface area contributed by atoms with Crippen LogP contribution in [-0.4, -0.2) is 58.6 Å². The third-order valence-electron chi connectivity index (χ3n) is 3.79. The Morgan fingerprint density at radius 2 is 2.00 bits per heavy atom. The fourth-order valence-electron chi connectivity index (χ4n) is 2.30. The Kier molecular flexibility index (Phi) is 13.1. The van der Waals surface area contributed by atoms with Crippen LogP contribution in [0.3, 0.4) is 0 Å². The molecule has 1 aromatic carbocycles. The maximum atomic E-state index is 13.3. The largest absolute Gasteiger partial charge is 0.488 e. The second-order valence-electron chi connectivity index (χ2n) is 6.06. The van der Waals surface area contributed by atoms with Crippen LogP contribution in [0.15, 0.2) is 29.3 Å². The van der Waals surface area contributed by atoms with Gasteiger partial charge in [-0.3, -0.25) is 0 Å². The number of halogens is 1. The second-order valence-corrected chi connectivity index (χ2v) is 6.06. The van der Waals surface area contributed by atoms with Crippen molar-refractivity contribution in [3.63, 3.8) is 0 Å². The summed E-state index contributed by atoms with van der Waals surface area (Å²) in [6, 6.07) is 6.20. The summed E-state index contributed by atoms with van der Waals surface area (Å²) in [5.74, 6) is 0.995. The second kappa shape index (κ2) is 15.2. The topological polar surface area (TPSA) is 64.1 Å². The Hall–Kier alpha value is -1.86. The van der Waals surface area contributed by atoms with Gasteiger partial charge in [0.2, 0.25) is 0 Å². The van der Waals surface area contributed by atoms with Crippen LogP contribution in [0.4, 0.5) is 4.39 Å². The van der Waals surface area contributed by atoms with Gasteiger partial charge in [0, 0.05) is 32.9 Å². The van der Waals surface area contributed by atoms with Gasteiger partial charge in [-0.2, -0.15) is 0 Å². The molecule has 1 atom stereocenters. The van der Waals surface area contributed by atoms with Gasteiger partial charge in [0.15, 0.2) is 5.96 Å². The van der Waals surface area contributed by atoms with E-state index in [4.69, 9.17) is 14.2 Å². The highest BCUT2D eigenvalue weighted by atomic mass is 19.1. The molecule has 6 nitrogen and oxygen atoms in total. The molecule has 0 aromatic heterocycles. The molecule has 0 heterocycles. The highest BCUT2D eigenvalue weighted by Crippen LogP contribution is 2.15. The number of unbranched alkanes of at least 4 members (excludes halogenated alkanes) is 1. The molecule has 0 radical (unpaired) electrons. The van der Waals surface area contributed by atoms with E-state index in [1.807, 2.05) is 13.8 Å². The lowest BCUT2D eigenvalue weighted by Crippen LogP contribution is -2.38. The van der Waals surface area contributed by atoms with E-state index in [2.05, 4.69) is 15.6 Å². The molecule has 7 heteroatoms. The van der Waals surface area contributed by atoms with Gasteiger partial charge in [-0.1, -0.05) is 13.0 Å². The van der Waals surface area contributed by atoms with Gasteiger partial charge < -0.3 is 24.8 Å². The summed E-state index contributed by atoms with van der Waals surface area (Å²) < 4.78 is 29.5. The Morgan fingerprint density at radius 3 is 2.70 bits per heavy atom. The van der Waals surface area contributed by atoms with Crippen LogP contribution in [0.2, 0.25) is 0 Å². The van der Waals surface area contributed by atoms with Gasteiger partial charge in [-0.05, 0) is 38.3 Å². The van der Waals surface area contributed by atoms with E-state index in [1.54, 1.807) is 19.2 Å². The first-order chi connectivity index (χ1) is 13.2. The molecule has 1 unspecified atom stereocenters. The Balaban J connectivity index is 2.35. The number of methoxy groups -OCH3 is 1. The average Bonchev–Trinajstić information content (AvgIpc) is 2.67. The van der Waals surface area contributed by atoms with Crippen LogP contribution in [0.1, 0.15) is 33.1 Å². The lowest BCUT2D eigenvalue weighted by Gasteiger charge is -2.17. The van der Waals surface area contributed by atoms with Gasteiger partial charge in [0.25, 0.3) is 0 Å².